The number of nitrogens with one attached hydrogen (secondary N) is 1. The van der Waals surface area contributed by atoms with Crippen molar-refractivity contribution in [3.05, 3.63) is 36.5 Å². The summed E-state index contributed by atoms with van der Waals surface area (Å²) < 4.78 is 0. The molecule has 1 N–H and O–H groups in total. The molecule has 1 unspecified atom stereocenters. The van der Waals surface area contributed by atoms with Gasteiger partial charge in [-0.05, 0) is 25.5 Å². The maximum atomic E-state index is 4.00. The number of hydrogen-bond donors (Lipinski definition) is 1. The third-order valence-corrected chi connectivity index (χ3v) is 2.14. The lowest BCUT2D eigenvalue weighted by Gasteiger charge is -2.03. The molecule has 1 nitrogen and oxygen atoms in total. The molecule has 0 aliphatic heterocycles. The van der Waals surface area contributed by atoms with Crippen molar-refractivity contribution in [3.8, 4) is 0 Å². The summed E-state index contributed by atoms with van der Waals surface area (Å²) in [6.45, 7) is 7.67. The highest BCUT2D eigenvalue weighted by atomic mass is 14.9. The Morgan fingerprint density at radius 1 is 1.55 bits per heavy atom. The van der Waals surface area contributed by atoms with Gasteiger partial charge in [0.2, 0.25) is 0 Å². The minimum absolute atomic E-state index is 0.591. The van der Waals surface area contributed by atoms with E-state index in [1.54, 1.807) is 0 Å². The van der Waals surface area contributed by atoms with Crippen LogP contribution in [-0.2, 0) is 0 Å². The minimum atomic E-state index is 0.591. The van der Waals surface area contributed by atoms with E-state index in [1.165, 1.54) is 11.1 Å². The van der Waals surface area contributed by atoms with Crippen LogP contribution in [0.2, 0.25) is 0 Å². The highest BCUT2D eigenvalue weighted by Gasteiger charge is 2.19. The van der Waals surface area contributed by atoms with Crippen LogP contribution in [0, 0.1) is 0 Å². The van der Waals surface area contributed by atoms with Crippen LogP contribution in [0.4, 0.5) is 0 Å². The van der Waals surface area contributed by atoms with Gasteiger partial charge in [-0.2, -0.15) is 0 Å². The minimum Gasteiger partial charge on any atom is -0.316 e. The second kappa shape index (κ2) is 3.54. The van der Waals surface area contributed by atoms with Gasteiger partial charge in [0, 0.05) is 6.04 Å². The molecule has 1 aliphatic carbocycles. The summed E-state index contributed by atoms with van der Waals surface area (Å²) in [7, 11) is 1.99. The van der Waals surface area contributed by atoms with E-state index in [0.717, 1.165) is 12.8 Å². The first-order valence-corrected chi connectivity index (χ1v) is 3.95. The number of hydrogen-bond acceptors (Lipinski definition) is 1. The number of allylic oxidation sites excluding steroid dienone is 2. The molecule has 0 spiro atoms. The first kappa shape index (κ1) is 8.28. The van der Waals surface area contributed by atoms with Gasteiger partial charge in [0.1, 0.15) is 0 Å². The van der Waals surface area contributed by atoms with E-state index in [9.17, 15) is 0 Å². The van der Waals surface area contributed by atoms with Crippen molar-refractivity contribution in [2.24, 2.45) is 0 Å². The summed E-state index contributed by atoms with van der Waals surface area (Å²) in [6, 6.07) is 0.591. The first-order chi connectivity index (χ1) is 5.27. The van der Waals surface area contributed by atoms with Crippen LogP contribution in [0.15, 0.2) is 36.5 Å². The largest absolute Gasteiger partial charge is 0.316 e. The molecular formula is C10H15N. The predicted molar refractivity (Wildman–Crippen MR) is 49.5 cm³/mol. The monoisotopic (exact) mass is 149 g/mol. The van der Waals surface area contributed by atoms with Gasteiger partial charge in [-0.25, -0.2) is 0 Å². The Kier molecular flexibility index (Phi) is 2.66. The topological polar surface area (TPSA) is 12.0 Å². The van der Waals surface area contributed by atoms with E-state index in [1.807, 2.05) is 13.1 Å². The molecule has 0 aromatic carbocycles. The summed E-state index contributed by atoms with van der Waals surface area (Å²) in [4.78, 5) is 0. The molecule has 1 heteroatoms. The quantitative estimate of drug-likeness (QED) is 0.633. The molecule has 0 saturated heterocycles. The van der Waals surface area contributed by atoms with Crippen LogP contribution in [0.3, 0.4) is 0 Å². The van der Waals surface area contributed by atoms with Crippen molar-refractivity contribution in [2.45, 2.75) is 18.9 Å². The zero-order valence-electron chi connectivity index (χ0n) is 7.06. The molecule has 0 aromatic heterocycles. The van der Waals surface area contributed by atoms with Gasteiger partial charge in [-0.1, -0.05) is 30.9 Å². The van der Waals surface area contributed by atoms with Crippen LogP contribution < -0.4 is 5.32 Å². The standard InChI is InChI=1S/C10H15N/c1-4-5-9-7-10(11-3)6-8(9)2/h4-5,10-11H,1-2,6-7H2,3H3/b9-5-. The first-order valence-electron chi connectivity index (χ1n) is 3.95. The average molecular weight is 149 g/mol. The molecule has 11 heavy (non-hydrogen) atoms. The molecule has 1 aliphatic rings. The van der Waals surface area contributed by atoms with E-state index in [-0.39, 0.29) is 0 Å². The van der Waals surface area contributed by atoms with Gasteiger partial charge in [0.05, 0.1) is 0 Å². The maximum absolute atomic E-state index is 4.00. The molecule has 0 radical (unpaired) electrons. The predicted octanol–water partition coefficient (Wildman–Crippen LogP) is 2.04. The SMILES string of the molecule is C=C/C=C1/CC(NC)CC1=C. The summed E-state index contributed by atoms with van der Waals surface area (Å²) in [5, 5.41) is 3.25. The van der Waals surface area contributed by atoms with E-state index >= 15 is 0 Å². The Morgan fingerprint density at radius 3 is 2.73 bits per heavy atom. The summed E-state index contributed by atoms with van der Waals surface area (Å²) in [5.41, 5.74) is 2.60. The molecule has 0 amide bonds. The molecule has 1 fully saturated rings. The Balaban J connectivity index is 2.65. The lowest BCUT2D eigenvalue weighted by Crippen LogP contribution is -2.20. The second-order valence-electron chi connectivity index (χ2n) is 2.93. The van der Waals surface area contributed by atoms with Gasteiger partial charge in [0.25, 0.3) is 0 Å². The van der Waals surface area contributed by atoms with Gasteiger partial charge in [-0.3, -0.25) is 0 Å². The van der Waals surface area contributed by atoms with Crippen LogP contribution >= 0.6 is 0 Å². The Bertz CT molecular complexity index is 201. The fourth-order valence-corrected chi connectivity index (χ4v) is 1.44. The van der Waals surface area contributed by atoms with E-state index in [4.69, 9.17) is 0 Å². The highest BCUT2D eigenvalue weighted by molar-refractivity contribution is 5.37. The Labute approximate surface area is 68.5 Å². The van der Waals surface area contributed by atoms with Crippen molar-refractivity contribution in [1.82, 2.24) is 5.32 Å². The van der Waals surface area contributed by atoms with E-state index < -0.39 is 0 Å². The second-order valence-corrected chi connectivity index (χ2v) is 2.93. The van der Waals surface area contributed by atoms with Crippen LogP contribution in [0.5, 0.6) is 0 Å². The lowest BCUT2D eigenvalue weighted by atomic mass is 10.1. The summed E-state index contributed by atoms with van der Waals surface area (Å²) in [5.74, 6) is 0. The lowest BCUT2D eigenvalue weighted by molar-refractivity contribution is 0.603. The van der Waals surface area contributed by atoms with Crippen LogP contribution in [0.25, 0.3) is 0 Å². The van der Waals surface area contributed by atoms with Crippen LogP contribution in [0.1, 0.15) is 12.8 Å². The zero-order valence-corrected chi connectivity index (χ0v) is 7.06. The normalized spacial score (nSPS) is 27.9. The molecular weight excluding hydrogens is 134 g/mol. The van der Waals surface area contributed by atoms with Gasteiger partial charge in [0.15, 0.2) is 0 Å². The molecule has 1 rings (SSSR count). The highest BCUT2D eigenvalue weighted by Crippen LogP contribution is 2.28. The third-order valence-electron chi connectivity index (χ3n) is 2.14. The maximum Gasteiger partial charge on any atom is 0.0145 e. The van der Waals surface area contributed by atoms with Gasteiger partial charge < -0.3 is 5.32 Å². The number of rotatable bonds is 2. The van der Waals surface area contributed by atoms with Crippen molar-refractivity contribution >= 4 is 0 Å². The average Bonchev–Trinajstić information content (AvgIpc) is 2.33. The fraction of sp³-hybridized carbons (Fsp3) is 0.400. The van der Waals surface area contributed by atoms with Crippen LogP contribution in [-0.4, -0.2) is 13.1 Å². The Morgan fingerprint density at radius 2 is 2.27 bits per heavy atom. The Hall–Kier alpha value is -0.820. The van der Waals surface area contributed by atoms with Crippen molar-refractivity contribution < 1.29 is 0 Å². The summed E-state index contributed by atoms with van der Waals surface area (Å²) in [6.07, 6.45) is 6.07. The smallest absolute Gasteiger partial charge is 0.0145 e. The zero-order chi connectivity index (χ0) is 8.27. The molecule has 0 aromatic rings. The molecule has 0 bridgehead atoms. The molecule has 0 heterocycles. The van der Waals surface area contributed by atoms with Crippen molar-refractivity contribution in [2.75, 3.05) is 7.05 Å². The van der Waals surface area contributed by atoms with E-state index in [0.29, 0.717) is 6.04 Å². The van der Waals surface area contributed by atoms with E-state index in [2.05, 4.69) is 24.6 Å². The van der Waals surface area contributed by atoms with Crippen molar-refractivity contribution in [1.29, 1.82) is 0 Å². The van der Waals surface area contributed by atoms with Gasteiger partial charge in [-0.15, -0.1) is 0 Å². The fourth-order valence-electron chi connectivity index (χ4n) is 1.44. The molecule has 1 atom stereocenters. The molecule has 60 valence electrons. The third kappa shape index (κ3) is 1.81. The van der Waals surface area contributed by atoms with Crippen molar-refractivity contribution in [3.63, 3.8) is 0 Å². The van der Waals surface area contributed by atoms with Gasteiger partial charge >= 0.3 is 0 Å². The molecule has 1 saturated carbocycles. The summed E-state index contributed by atoms with van der Waals surface area (Å²) >= 11 is 0.